The van der Waals surface area contributed by atoms with E-state index in [9.17, 15) is 0 Å². The molecule has 0 aliphatic heterocycles. The molecule has 0 saturated carbocycles. The highest BCUT2D eigenvalue weighted by Gasteiger charge is 2.03. The molecule has 0 aliphatic carbocycles. The fourth-order valence-electron chi connectivity index (χ4n) is 1.07. The Balaban J connectivity index is 2.36. The van der Waals surface area contributed by atoms with Gasteiger partial charge in [-0.25, -0.2) is 0 Å². The van der Waals surface area contributed by atoms with Crippen LogP contribution in [-0.4, -0.2) is 11.5 Å². The molecule has 1 aromatic rings. The van der Waals surface area contributed by atoms with Crippen LogP contribution >= 0.6 is 0 Å². The highest BCUT2D eigenvalue weighted by atomic mass is 14.7. The van der Waals surface area contributed by atoms with Crippen LogP contribution in [0.3, 0.4) is 0 Å². The molecule has 3 nitrogen and oxygen atoms in total. The summed E-state index contributed by atoms with van der Waals surface area (Å²) in [5.41, 5.74) is 12.4. The van der Waals surface area contributed by atoms with E-state index in [-0.39, 0.29) is 6.04 Å². The second kappa shape index (κ2) is 4.16. The van der Waals surface area contributed by atoms with Gasteiger partial charge in [-0.2, -0.15) is 0 Å². The van der Waals surface area contributed by atoms with Gasteiger partial charge in [-0.05, 0) is 31.0 Å². The molecule has 0 bridgehead atoms. The first-order chi connectivity index (χ1) is 5.34. The van der Waals surface area contributed by atoms with Crippen molar-refractivity contribution in [3.8, 4) is 0 Å². The summed E-state index contributed by atoms with van der Waals surface area (Å²) in [7, 11) is 0. The minimum absolute atomic E-state index is 0.143. The maximum Gasteiger partial charge on any atom is 0.0310 e. The van der Waals surface area contributed by atoms with Crippen LogP contribution in [0.5, 0.6) is 0 Å². The molecule has 1 rings (SSSR count). The van der Waals surface area contributed by atoms with Gasteiger partial charge in [0.05, 0.1) is 0 Å². The van der Waals surface area contributed by atoms with Gasteiger partial charge in [-0.3, -0.25) is 0 Å². The van der Waals surface area contributed by atoms with E-state index in [1.54, 1.807) is 0 Å². The van der Waals surface area contributed by atoms with Crippen molar-refractivity contribution >= 4 is 0 Å². The van der Waals surface area contributed by atoms with E-state index < -0.39 is 0 Å². The lowest BCUT2D eigenvalue weighted by Gasteiger charge is -2.07. The van der Waals surface area contributed by atoms with Gasteiger partial charge in [0.1, 0.15) is 0 Å². The lowest BCUT2D eigenvalue weighted by Crippen LogP contribution is -2.11. The molecule has 1 unspecified atom stereocenters. The Morgan fingerprint density at radius 2 is 2.36 bits per heavy atom. The van der Waals surface area contributed by atoms with Crippen molar-refractivity contribution in [3.05, 3.63) is 24.0 Å². The van der Waals surface area contributed by atoms with Crippen molar-refractivity contribution < 1.29 is 0 Å². The van der Waals surface area contributed by atoms with Crippen molar-refractivity contribution in [2.45, 2.75) is 18.9 Å². The van der Waals surface area contributed by atoms with Crippen molar-refractivity contribution in [2.75, 3.05) is 6.54 Å². The summed E-state index contributed by atoms with van der Waals surface area (Å²) >= 11 is 0. The van der Waals surface area contributed by atoms with E-state index in [4.69, 9.17) is 11.5 Å². The minimum Gasteiger partial charge on any atom is -0.367 e. The molecule has 1 aromatic heterocycles. The highest BCUT2D eigenvalue weighted by Crippen LogP contribution is 2.13. The number of aromatic amines is 1. The summed E-state index contributed by atoms with van der Waals surface area (Å²) in [6, 6.07) is 2.14. The monoisotopic (exact) mass is 153 g/mol. The van der Waals surface area contributed by atoms with Gasteiger partial charge in [0.25, 0.3) is 0 Å². The first-order valence-electron chi connectivity index (χ1n) is 3.93. The van der Waals surface area contributed by atoms with Crippen LogP contribution < -0.4 is 11.5 Å². The van der Waals surface area contributed by atoms with Gasteiger partial charge in [0, 0.05) is 18.4 Å². The average molecular weight is 153 g/mol. The molecule has 0 amide bonds. The molecule has 0 aliphatic rings. The second-order valence-electron chi connectivity index (χ2n) is 2.68. The molecule has 1 heterocycles. The van der Waals surface area contributed by atoms with Gasteiger partial charge in [-0.15, -0.1) is 0 Å². The first kappa shape index (κ1) is 8.30. The van der Waals surface area contributed by atoms with E-state index in [2.05, 4.69) is 4.98 Å². The quantitative estimate of drug-likeness (QED) is 0.597. The van der Waals surface area contributed by atoms with Crippen LogP contribution in [0, 0.1) is 0 Å². The first-order valence-corrected chi connectivity index (χ1v) is 3.93. The van der Waals surface area contributed by atoms with Gasteiger partial charge in [0.15, 0.2) is 0 Å². The largest absolute Gasteiger partial charge is 0.367 e. The molecule has 0 radical (unpaired) electrons. The number of nitrogens with two attached hydrogens (primary N) is 2. The Kier molecular flexibility index (Phi) is 3.14. The summed E-state index contributed by atoms with van der Waals surface area (Å²) in [6.45, 7) is 0.720. The smallest absolute Gasteiger partial charge is 0.0310 e. The third-order valence-electron chi connectivity index (χ3n) is 1.77. The summed E-state index contributed by atoms with van der Waals surface area (Å²) < 4.78 is 0. The molecule has 0 fully saturated rings. The summed E-state index contributed by atoms with van der Waals surface area (Å²) in [6.07, 6.45) is 5.78. The van der Waals surface area contributed by atoms with Gasteiger partial charge >= 0.3 is 0 Å². The van der Waals surface area contributed by atoms with E-state index in [0.717, 1.165) is 19.4 Å². The Morgan fingerprint density at radius 1 is 1.55 bits per heavy atom. The van der Waals surface area contributed by atoms with E-state index in [1.807, 2.05) is 18.5 Å². The lowest BCUT2D eigenvalue weighted by atomic mass is 10.1. The summed E-state index contributed by atoms with van der Waals surface area (Å²) in [4.78, 5) is 2.98. The standard InChI is InChI=1S/C8H15N3/c9-4-1-2-8(10)7-3-5-11-6-7/h3,5-6,8,11H,1-2,4,9-10H2. The Morgan fingerprint density at radius 3 is 2.91 bits per heavy atom. The van der Waals surface area contributed by atoms with Crippen LogP contribution in [-0.2, 0) is 0 Å². The van der Waals surface area contributed by atoms with Crippen LogP contribution in [0.25, 0.3) is 0 Å². The molecular weight excluding hydrogens is 138 g/mol. The predicted octanol–water partition coefficient (Wildman–Crippen LogP) is 0.753. The minimum atomic E-state index is 0.143. The van der Waals surface area contributed by atoms with Crippen LogP contribution in [0.4, 0.5) is 0 Å². The fraction of sp³-hybridized carbons (Fsp3) is 0.500. The second-order valence-corrected chi connectivity index (χ2v) is 2.68. The van der Waals surface area contributed by atoms with Crippen molar-refractivity contribution in [2.24, 2.45) is 11.5 Å². The van der Waals surface area contributed by atoms with Gasteiger partial charge in [0.2, 0.25) is 0 Å². The Hall–Kier alpha value is -0.800. The predicted molar refractivity (Wildman–Crippen MR) is 46.0 cm³/mol. The molecule has 11 heavy (non-hydrogen) atoms. The topological polar surface area (TPSA) is 67.8 Å². The SMILES string of the molecule is NCCCC(N)c1cc[nH]c1. The Labute approximate surface area is 66.8 Å². The molecule has 62 valence electrons. The third-order valence-corrected chi connectivity index (χ3v) is 1.77. The maximum atomic E-state index is 5.85. The molecule has 0 saturated heterocycles. The van der Waals surface area contributed by atoms with Crippen molar-refractivity contribution in [3.63, 3.8) is 0 Å². The third kappa shape index (κ3) is 2.37. The number of aromatic nitrogens is 1. The number of rotatable bonds is 4. The molecule has 3 heteroatoms. The van der Waals surface area contributed by atoms with E-state index >= 15 is 0 Å². The van der Waals surface area contributed by atoms with Gasteiger partial charge < -0.3 is 16.5 Å². The van der Waals surface area contributed by atoms with Crippen molar-refractivity contribution in [1.29, 1.82) is 0 Å². The molecule has 0 spiro atoms. The van der Waals surface area contributed by atoms with Crippen LogP contribution in [0.15, 0.2) is 18.5 Å². The molecule has 0 aromatic carbocycles. The average Bonchev–Trinajstić information content (AvgIpc) is 2.52. The number of hydrogen-bond acceptors (Lipinski definition) is 2. The summed E-state index contributed by atoms with van der Waals surface area (Å²) in [5, 5.41) is 0. The highest BCUT2D eigenvalue weighted by molar-refractivity contribution is 5.12. The van der Waals surface area contributed by atoms with Crippen LogP contribution in [0.1, 0.15) is 24.4 Å². The number of nitrogens with one attached hydrogen (secondary N) is 1. The zero-order chi connectivity index (χ0) is 8.10. The lowest BCUT2D eigenvalue weighted by molar-refractivity contribution is 0.618. The zero-order valence-electron chi connectivity index (χ0n) is 6.59. The van der Waals surface area contributed by atoms with Crippen molar-refractivity contribution in [1.82, 2.24) is 4.98 Å². The number of hydrogen-bond donors (Lipinski definition) is 3. The van der Waals surface area contributed by atoms with Crippen LogP contribution in [0.2, 0.25) is 0 Å². The Bertz CT molecular complexity index is 181. The van der Waals surface area contributed by atoms with E-state index in [0.29, 0.717) is 0 Å². The fourth-order valence-corrected chi connectivity index (χ4v) is 1.07. The normalized spacial score (nSPS) is 13.3. The summed E-state index contributed by atoms with van der Waals surface area (Å²) in [5.74, 6) is 0. The maximum absolute atomic E-state index is 5.85. The number of H-pyrrole nitrogens is 1. The van der Waals surface area contributed by atoms with E-state index in [1.165, 1.54) is 5.56 Å². The molecule has 5 N–H and O–H groups in total. The molecule has 1 atom stereocenters. The molecular formula is C8H15N3. The van der Waals surface area contributed by atoms with Gasteiger partial charge in [-0.1, -0.05) is 0 Å². The zero-order valence-corrected chi connectivity index (χ0v) is 6.59.